The van der Waals surface area contributed by atoms with Crippen molar-refractivity contribution in [2.75, 3.05) is 6.54 Å². The Morgan fingerprint density at radius 3 is 2.76 bits per heavy atom. The molecule has 0 aliphatic rings. The Morgan fingerprint density at radius 2 is 2.12 bits per heavy atom. The third-order valence-electron chi connectivity index (χ3n) is 3.12. The van der Waals surface area contributed by atoms with Crippen molar-refractivity contribution in [1.29, 1.82) is 0 Å². The zero-order valence-corrected chi connectivity index (χ0v) is 11.2. The first kappa shape index (κ1) is 12.5. The third-order valence-corrected chi connectivity index (χ3v) is 3.53. The topological polar surface area (TPSA) is 30.9 Å². The van der Waals surface area contributed by atoms with Gasteiger partial charge in [0.25, 0.3) is 0 Å². The van der Waals surface area contributed by atoms with E-state index in [2.05, 4.69) is 29.8 Å². The van der Waals surface area contributed by atoms with E-state index in [9.17, 15) is 0 Å². The number of fused-ring (bicyclic) bond motifs is 1. The Labute approximate surface area is 107 Å². The first-order valence-corrected chi connectivity index (χ1v) is 6.53. The van der Waals surface area contributed by atoms with Crippen molar-refractivity contribution < 1.29 is 0 Å². The van der Waals surface area contributed by atoms with Crippen LogP contribution < -0.4 is 5.73 Å². The van der Waals surface area contributed by atoms with Gasteiger partial charge in [0.2, 0.25) is 0 Å². The molecule has 0 aliphatic carbocycles. The zero-order valence-electron chi connectivity index (χ0n) is 10.5. The van der Waals surface area contributed by atoms with Crippen LogP contribution in [0.15, 0.2) is 18.3 Å². The molecule has 0 saturated heterocycles. The lowest BCUT2D eigenvalue weighted by Gasteiger charge is -2.04. The molecule has 1 aromatic heterocycles. The smallest absolute Gasteiger partial charge is 0.0498 e. The molecule has 17 heavy (non-hydrogen) atoms. The average Bonchev–Trinajstić information content (AvgIpc) is 2.60. The average molecular weight is 251 g/mol. The fourth-order valence-electron chi connectivity index (χ4n) is 2.27. The summed E-state index contributed by atoms with van der Waals surface area (Å²) in [5, 5.41) is 2.14. The second-order valence-corrected chi connectivity index (χ2v) is 4.91. The predicted octanol–water partition coefficient (Wildman–Crippen LogP) is 3.51. The maximum atomic E-state index is 6.21. The normalized spacial score (nSPS) is 11.3. The van der Waals surface area contributed by atoms with Gasteiger partial charge in [-0.1, -0.05) is 18.5 Å². The molecule has 0 saturated carbocycles. The highest BCUT2D eigenvalue weighted by Crippen LogP contribution is 2.28. The third kappa shape index (κ3) is 2.33. The fraction of sp³-hybridized carbons (Fsp3) is 0.429. The number of benzene rings is 1. The van der Waals surface area contributed by atoms with Crippen LogP contribution in [0.4, 0.5) is 0 Å². The molecular weight excluding hydrogens is 232 g/mol. The van der Waals surface area contributed by atoms with E-state index >= 15 is 0 Å². The van der Waals surface area contributed by atoms with Gasteiger partial charge >= 0.3 is 0 Å². The summed E-state index contributed by atoms with van der Waals surface area (Å²) in [5.41, 5.74) is 9.36. The van der Waals surface area contributed by atoms with Crippen LogP contribution in [0, 0.1) is 6.92 Å². The second-order valence-electron chi connectivity index (χ2n) is 4.50. The summed E-state index contributed by atoms with van der Waals surface area (Å²) in [7, 11) is 0. The first-order chi connectivity index (χ1) is 8.17. The van der Waals surface area contributed by atoms with Gasteiger partial charge in [-0.25, -0.2) is 0 Å². The second kappa shape index (κ2) is 5.11. The van der Waals surface area contributed by atoms with Crippen molar-refractivity contribution >= 4 is 22.5 Å². The molecule has 2 nitrogen and oxygen atoms in total. The maximum absolute atomic E-state index is 6.21. The molecule has 2 rings (SSSR count). The van der Waals surface area contributed by atoms with E-state index in [1.54, 1.807) is 0 Å². The number of aryl methyl sites for hydroxylation is 2. The highest BCUT2D eigenvalue weighted by Gasteiger charge is 2.09. The zero-order chi connectivity index (χ0) is 12.4. The van der Waals surface area contributed by atoms with E-state index in [4.69, 9.17) is 17.3 Å². The van der Waals surface area contributed by atoms with E-state index in [-0.39, 0.29) is 0 Å². The maximum Gasteiger partial charge on any atom is 0.0498 e. The highest BCUT2D eigenvalue weighted by atomic mass is 35.5. The minimum Gasteiger partial charge on any atom is -0.347 e. The van der Waals surface area contributed by atoms with Gasteiger partial charge in [0.05, 0.1) is 0 Å². The molecule has 0 aliphatic heterocycles. The monoisotopic (exact) mass is 250 g/mol. The Hall–Kier alpha value is -0.990. The quantitative estimate of drug-likeness (QED) is 0.885. The highest BCUT2D eigenvalue weighted by molar-refractivity contribution is 6.32. The number of rotatable bonds is 4. The molecular formula is C14H19ClN2. The summed E-state index contributed by atoms with van der Waals surface area (Å²) >= 11 is 6.21. The lowest BCUT2D eigenvalue weighted by molar-refractivity contribution is 0.700. The number of nitrogens with two attached hydrogens (primary N) is 1. The molecule has 0 amide bonds. The van der Waals surface area contributed by atoms with Gasteiger partial charge in [-0.3, -0.25) is 0 Å². The minimum atomic E-state index is 0.687. The van der Waals surface area contributed by atoms with Crippen LogP contribution in [0.1, 0.15) is 24.5 Å². The van der Waals surface area contributed by atoms with Crippen molar-refractivity contribution in [3.63, 3.8) is 0 Å². The van der Waals surface area contributed by atoms with E-state index in [1.165, 1.54) is 16.5 Å². The SMILES string of the molecule is CCCn1cc(CCN)c2cc(C)c(Cl)cc21. The summed E-state index contributed by atoms with van der Waals surface area (Å²) in [4.78, 5) is 0. The molecule has 0 bridgehead atoms. The largest absolute Gasteiger partial charge is 0.347 e. The van der Waals surface area contributed by atoms with Gasteiger partial charge in [0.1, 0.15) is 0 Å². The van der Waals surface area contributed by atoms with Gasteiger partial charge in [0.15, 0.2) is 0 Å². The van der Waals surface area contributed by atoms with Gasteiger partial charge in [-0.15, -0.1) is 0 Å². The number of nitrogens with zero attached hydrogens (tertiary/aromatic N) is 1. The number of hydrogen-bond donors (Lipinski definition) is 1. The molecule has 2 N–H and O–H groups in total. The minimum absolute atomic E-state index is 0.687. The van der Waals surface area contributed by atoms with Crippen LogP contribution >= 0.6 is 11.6 Å². The van der Waals surface area contributed by atoms with E-state index < -0.39 is 0 Å². The van der Waals surface area contributed by atoms with Crippen LogP contribution in [0.3, 0.4) is 0 Å². The van der Waals surface area contributed by atoms with Crippen LogP contribution in [0.5, 0.6) is 0 Å². The Kier molecular flexibility index (Phi) is 3.75. The van der Waals surface area contributed by atoms with Crippen molar-refractivity contribution in [3.8, 4) is 0 Å². The lowest BCUT2D eigenvalue weighted by atomic mass is 10.1. The van der Waals surface area contributed by atoms with Crippen molar-refractivity contribution in [1.82, 2.24) is 4.57 Å². The Morgan fingerprint density at radius 1 is 1.35 bits per heavy atom. The lowest BCUT2D eigenvalue weighted by Crippen LogP contribution is -2.02. The van der Waals surface area contributed by atoms with Crippen molar-refractivity contribution in [2.24, 2.45) is 5.73 Å². The summed E-state index contributed by atoms with van der Waals surface area (Å²) in [5.74, 6) is 0. The Balaban J connectivity index is 2.63. The van der Waals surface area contributed by atoms with Gasteiger partial charge < -0.3 is 10.3 Å². The fourth-order valence-corrected chi connectivity index (χ4v) is 2.43. The summed E-state index contributed by atoms with van der Waals surface area (Å²) in [6.45, 7) is 5.95. The molecule has 0 spiro atoms. The summed E-state index contributed by atoms with van der Waals surface area (Å²) < 4.78 is 2.28. The summed E-state index contributed by atoms with van der Waals surface area (Å²) in [6, 6.07) is 4.25. The molecule has 3 heteroatoms. The molecule has 1 aromatic carbocycles. The number of aromatic nitrogens is 1. The van der Waals surface area contributed by atoms with E-state index in [0.29, 0.717) is 6.54 Å². The van der Waals surface area contributed by atoms with Crippen LogP contribution in [-0.4, -0.2) is 11.1 Å². The van der Waals surface area contributed by atoms with Crippen LogP contribution in [0.25, 0.3) is 10.9 Å². The summed E-state index contributed by atoms with van der Waals surface area (Å²) in [6.07, 6.45) is 4.27. The Bertz CT molecular complexity index is 482. The number of halogens is 1. The van der Waals surface area contributed by atoms with Crippen LogP contribution in [-0.2, 0) is 13.0 Å². The van der Waals surface area contributed by atoms with Crippen molar-refractivity contribution in [3.05, 3.63) is 34.5 Å². The van der Waals surface area contributed by atoms with Gasteiger partial charge in [0, 0.05) is 28.7 Å². The van der Waals surface area contributed by atoms with Gasteiger partial charge in [-0.2, -0.15) is 0 Å². The standard InChI is InChI=1S/C14H19ClN2/c1-3-6-17-9-11(4-5-16)12-7-10(2)13(15)8-14(12)17/h7-9H,3-6,16H2,1-2H3. The molecule has 92 valence electrons. The first-order valence-electron chi connectivity index (χ1n) is 6.15. The number of hydrogen-bond acceptors (Lipinski definition) is 1. The molecule has 0 fully saturated rings. The molecule has 0 radical (unpaired) electrons. The molecule has 0 atom stereocenters. The van der Waals surface area contributed by atoms with E-state index in [1.807, 2.05) is 6.92 Å². The molecule has 0 unspecified atom stereocenters. The van der Waals surface area contributed by atoms with Crippen molar-refractivity contribution in [2.45, 2.75) is 33.2 Å². The molecule has 2 aromatic rings. The molecule has 1 heterocycles. The van der Waals surface area contributed by atoms with E-state index in [0.717, 1.165) is 30.0 Å². The van der Waals surface area contributed by atoms with Crippen LogP contribution in [0.2, 0.25) is 5.02 Å². The van der Waals surface area contributed by atoms with Gasteiger partial charge in [-0.05, 0) is 49.6 Å². The predicted molar refractivity (Wildman–Crippen MR) is 74.7 cm³/mol.